The summed E-state index contributed by atoms with van der Waals surface area (Å²) >= 11 is 1.71. The smallest absolute Gasteiger partial charge is 0.255 e. The number of carbonyl (C=O) groups is 1. The number of amides is 1. The zero-order chi connectivity index (χ0) is 16.4. The van der Waals surface area contributed by atoms with Crippen LogP contribution in [0.15, 0.2) is 5.38 Å². The van der Waals surface area contributed by atoms with E-state index in [9.17, 15) is 15.0 Å². The Balaban J connectivity index is 1.81. The second-order valence-corrected chi connectivity index (χ2v) is 8.02. The van der Waals surface area contributed by atoms with Crippen molar-refractivity contribution >= 4 is 17.2 Å². The number of hydrogen-bond donors (Lipinski definition) is 2. The van der Waals surface area contributed by atoms with Crippen molar-refractivity contribution in [2.75, 3.05) is 19.7 Å². The van der Waals surface area contributed by atoms with Gasteiger partial charge in [-0.1, -0.05) is 13.3 Å². The zero-order valence-electron chi connectivity index (χ0n) is 13.9. The fraction of sp³-hybridized carbons (Fsp3) is 0.722. The fourth-order valence-electron chi connectivity index (χ4n) is 4.14. The van der Waals surface area contributed by atoms with Crippen LogP contribution in [0.4, 0.5) is 0 Å². The number of hydrogen-bond acceptors (Lipinski definition) is 4. The van der Waals surface area contributed by atoms with Crippen molar-refractivity contribution < 1.29 is 15.0 Å². The molecule has 1 fully saturated rings. The number of thiophene rings is 1. The van der Waals surface area contributed by atoms with Gasteiger partial charge in [0.1, 0.15) is 0 Å². The highest BCUT2D eigenvalue weighted by molar-refractivity contribution is 7.10. The van der Waals surface area contributed by atoms with Gasteiger partial charge < -0.3 is 15.1 Å². The van der Waals surface area contributed by atoms with Crippen LogP contribution in [-0.4, -0.2) is 46.8 Å². The molecular weight excluding hydrogens is 310 g/mol. The number of rotatable bonds is 4. The number of aliphatic hydroxyl groups excluding tert-OH is 2. The van der Waals surface area contributed by atoms with Gasteiger partial charge >= 0.3 is 0 Å². The first kappa shape index (κ1) is 16.9. The lowest BCUT2D eigenvalue weighted by atomic mass is 9.74. The highest BCUT2D eigenvalue weighted by Gasteiger charge is 2.43. The van der Waals surface area contributed by atoms with Gasteiger partial charge in [-0.2, -0.15) is 0 Å². The van der Waals surface area contributed by atoms with E-state index >= 15 is 0 Å². The van der Waals surface area contributed by atoms with E-state index in [1.165, 1.54) is 23.3 Å². The molecule has 0 bridgehead atoms. The minimum absolute atomic E-state index is 0.0620. The van der Waals surface area contributed by atoms with Crippen molar-refractivity contribution in [2.24, 2.45) is 5.41 Å². The molecule has 2 atom stereocenters. The molecule has 1 aliphatic carbocycles. The minimum Gasteiger partial charge on any atom is -0.396 e. The maximum absolute atomic E-state index is 13.0. The molecule has 2 N–H and O–H groups in total. The summed E-state index contributed by atoms with van der Waals surface area (Å²) in [7, 11) is 0. The molecule has 23 heavy (non-hydrogen) atoms. The molecule has 0 unspecified atom stereocenters. The average molecular weight is 337 g/mol. The van der Waals surface area contributed by atoms with Gasteiger partial charge in [0.25, 0.3) is 5.91 Å². The molecule has 0 radical (unpaired) electrons. The number of nitrogens with zero attached hydrogens (tertiary/aromatic N) is 1. The van der Waals surface area contributed by atoms with Gasteiger partial charge in [0.05, 0.1) is 18.3 Å². The number of piperidine rings is 1. The first-order valence-corrected chi connectivity index (χ1v) is 9.66. The second kappa shape index (κ2) is 6.91. The largest absolute Gasteiger partial charge is 0.396 e. The Morgan fingerprint density at radius 2 is 2.22 bits per heavy atom. The predicted octanol–water partition coefficient (Wildman–Crippen LogP) is 2.61. The Bertz CT molecular complexity index is 571. The minimum atomic E-state index is -0.557. The Kier molecular flexibility index (Phi) is 5.09. The van der Waals surface area contributed by atoms with E-state index in [1.54, 1.807) is 11.3 Å². The lowest BCUT2D eigenvalue weighted by Crippen LogP contribution is -2.55. The predicted molar refractivity (Wildman–Crippen MR) is 91.9 cm³/mol. The molecule has 2 heterocycles. The Morgan fingerprint density at radius 1 is 1.43 bits per heavy atom. The standard InChI is InChI=1S/C18H27NO3S/c1-2-8-18(12-20)11-19(9-7-16(18)21)17(22)14-10-23-15-6-4-3-5-13(14)15/h10,16,20-21H,2-9,11-12H2,1H3/t16-,18-/m0/s1. The normalized spacial score (nSPS) is 27.8. The van der Waals surface area contributed by atoms with Crippen molar-refractivity contribution in [1.82, 2.24) is 4.90 Å². The third-order valence-electron chi connectivity index (χ3n) is 5.53. The summed E-state index contributed by atoms with van der Waals surface area (Å²) in [5.74, 6) is 0.0882. The third-order valence-corrected chi connectivity index (χ3v) is 6.62. The van der Waals surface area contributed by atoms with E-state index in [0.717, 1.165) is 31.2 Å². The molecule has 0 spiro atoms. The molecule has 5 heteroatoms. The highest BCUT2D eigenvalue weighted by Crippen LogP contribution is 2.37. The van der Waals surface area contributed by atoms with Crippen molar-refractivity contribution in [2.45, 2.75) is 58.0 Å². The second-order valence-electron chi connectivity index (χ2n) is 7.06. The van der Waals surface area contributed by atoms with Crippen LogP contribution in [0.2, 0.25) is 0 Å². The summed E-state index contributed by atoms with van der Waals surface area (Å²) in [5, 5.41) is 22.3. The van der Waals surface area contributed by atoms with Crippen LogP contribution in [0.5, 0.6) is 0 Å². The van der Waals surface area contributed by atoms with Gasteiger partial charge in [0, 0.05) is 28.8 Å². The molecule has 1 aromatic rings. The van der Waals surface area contributed by atoms with Crippen molar-refractivity contribution in [3.05, 3.63) is 21.4 Å². The molecule has 0 saturated carbocycles. The van der Waals surface area contributed by atoms with Gasteiger partial charge in [-0.3, -0.25) is 4.79 Å². The number of likely N-dealkylation sites (tertiary alicyclic amines) is 1. The molecule has 3 rings (SSSR count). The maximum Gasteiger partial charge on any atom is 0.255 e. The molecular formula is C18H27NO3S. The van der Waals surface area contributed by atoms with Crippen LogP contribution in [-0.2, 0) is 12.8 Å². The van der Waals surface area contributed by atoms with Crippen LogP contribution < -0.4 is 0 Å². The van der Waals surface area contributed by atoms with E-state index in [2.05, 4.69) is 6.92 Å². The van der Waals surface area contributed by atoms with Gasteiger partial charge in [-0.15, -0.1) is 11.3 Å². The first-order chi connectivity index (χ1) is 11.1. The van der Waals surface area contributed by atoms with E-state index in [4.69, 9.17) is 0 Å². The van der Waals surface area contributed by atoms with Crippen molar-refractivity contribution in [1.29, 1.82) is 0 Å². The summed E-state index contributed by atoms with van der Waals surface area (Å²) < 4.78 is 0. The summed E-state index contributed by atoms with van der Waals surface area (Å²) in [6.07, 6.45) is 6.18. The van der Waals surface area contributed by atoms with Crippen LogP contribution in [0.1, 0.15) is 59.8 Å². The fourth-order valence-corrected chi connectivity index (χ4v) is 5.26. The third kappa shape index (κ3) is 3.06. The zero-order valence-corrected chi connectivity index (χ0v) is 14.7. The number of carbonyl (C=O) groups excluding carboxylic acids is 1. The summed E-state index contributed by atoms with van der Waals surface area (Å²) in [6.45, 7) is 3.03. The molecule has 1 aromatic heterocycles. The van der Waals surface area contributed by atoms with Gasteiger partial charge in [0.2, 0.25) is 0 Å². The highest BCUT2D eigenvalue weighted by atomic mass is 32.1. The number of aryl methyl sites for hydroxylation is 1. The van der Waals surface area contributed by atoms with Gasteiger partial charge in [-0.05, 0) is 44.1 Å². The Morgan fingerprint density at radius 3 is 2.96 bits per heavy atom. The van der Waals surface area contributed by atoms with Crippen molar-refractivity contribution in [3.63, 3.8) is 0 Å². The Labute approximate surface area is 142 Å². The first-order valence-electron chi connectivity index (χ1n) is 8.78. The van der Waals surface area contributed by atoms with E-state index in [-0.39, 0.29) is 12.5 Å². The lowest BCUT2D eigenvalue weighted by Gasteiger charge is -2.45. The molecule has 1 saturated heterocycles. The van der Waals surface area contributed by atoms with Crippen LogP contribution >= 0.6 is 11.3 Å². The van der Waals surface area contributed by atoms with E-state index in [1.807, 2.05) is 10.3 Å². The molecule has 2 aliphatic rings. The molecule has 128 valence electrons. The topological polar surface area (TPSA) is 60.8 Å². The van der Waals surface area contributed by atoms with Crippen LogP contribution in [0, 0.1) is 5.41 Å². The monoisotopic (exact) mass is 337 g/mol. The van der Waals surface area contributed by atoms with Gasteiger partial charge in [-0.25, -0.2) is 0 Å². The summed E-state index contributed by atoms with van der Waals surface area (Å²) in [4.78, 5) is 16.2. The SMILES string of the molecule is CCC[C@@]1(CO)CN(C(=O)c2csc3c2CCCC3)CC[C@@H]1O. The quantitative estimate of drug-likeness (QED) is 0.888. The average Bonchev–Trinajstić information content (AvgIpc) is 3.00. The Hall–Kier alpha value is -0.910. The lowest BCUT2D eigenvalue weighted by molar-refractivity contribution is -0.0720. The van der Waals surface area contributed by atoms with E-state index in [0.29, 0.717) is 19.5 Å². The molecule has 4 nitrogen and oxygen atoms in total. The van der Waals surface area contributed by atoms with Crippen LogP contribution in [0.25, 0.3) is 0 Å². The molecule has 1 aliphatic heterocycles. The van der Waals surface area contributed by atoms with Crippen molar-refractivity contribution in [3.8, 4) is 0 Å². The number of fused-ring (bicyclic) bond motifs is 1. The van der Waals surface area contributed by atoms with Crippen LogP contribution in [0.3, 0.4) is 0 Å². The molecule has 0 aromatic carbocycles. The number of aliphatic hydroxyl groups is 2. The molecule has 1 amide bonds. The van der Waals surface area contributed by atoms with Gasteiger partial charge in [0.15, 0.2) is 0 Å². The summed E-state index contributed by atoms with van der Waals surface area (Å²) in [5.41, 5.74) is 1.56. The maximum atomic E-state index is 13.0. The van der Waals surface area contributed by atoms with E-state index < -0.39 is 11.5 Å². The summed E-state index contributed by atoms with van der Waals surface area (Å²) in [6, 6.07) is 0.